The predicted octanol–water partition coefficient (Wildman–Crippen LogP) is 6.52. The fraction of sp³-hybridized carbons (Fsp3) is 0.242. The minimum Gasteiger partial charge on any atom is -0.354 e. The quantitative estimate of drug-likeness (QED) is 0.229. The molecule has 1 atom stereocenters. The van der Waals surface area contributed by atoms with Crippen LogP contribution in [0.25, 0.3) is 10.8 Å². The number of carbonyl (C=O) groups excluding carboxylic acids is 3. The van der Waals surface area contributed by atoms with Crippen LogP contribution in [0.1, 0.15) is 35.3 Å². The number of benzene rings is 4. The van der Waals surface area contributed by atoms with Crippen LogP contribution < -0.4 is 10.2 Å². The second kappa shape index (κ2) is 12.3. The lowest BCUT2D eigenvalue weighted by Gasteiger charge is -2.33. The van der Waals surface area contributed by atoms with Crippen LogP contribution in [-0.2, 0) is 22.6 Å². The van der Waals surface area contributed by atoms with Crippen LogP contribution in [0.5, 0.6) is 0 Å². The maximum Gasteiger partial charge on any atom is 0.259 e. The third-order valence-corrected chi connectivity index (χ3v) is 8.00. The summed E-state index contributed by atoms with van der Waals surface area (Å²) in [4.78, 5) is 44.5. The van der Waals surface area contributed by atoms with Crippen molar-refractivity contribution in [3.05, 3.63) is 112 Å². The van der Waals surface area contributed by atoms with Gasteiger partial charge >= 0.3 is 0 Å². The van der Waals surface area contributed by atoms with Gasteiger partial charge < -0.3 is 10.2 Å². The molecule has 41 heavy (non-hydrogen) atoms. The Morgan fingerprint density at radius 3 is 2.22 bits per heavy atom. The van der Waals surface area contributed by atoms with Gasteiger partial charge in [0.15, 0.2) is 0 Å². The summed E-state index contributed by atoms with van der Waals surface area (Å²) in [6.45, 7) is 4.24. The predicted molar refractivity (Wildman–Crippen MR) is 164 cm³/mol. The number of carbonyl (C=O) groups is 3. The van der Waals surface area contributed by atoms with Gasteiger partial charge in [-0.1, -0.05) is 97.7 Å². The molecule has 0 saturated carbocycles. The van der Waals surface area contributed by atoms with E-state index in [0.717, 1.165) is 16.3 Å². The van der Waals surface area contributed by atoms with Crippen LogP contribution in [0.3, 0.4) is 0 Å². The lowest BCUT2D eigenvalue weighted by Crippen LogP contribution is -2.53. The molecular weight excluding hydrogens is 557 g/mol. The Bertz CT molecular complexity index is 1580. The van der Waals surface area contributed by atoms with Crippen LogP contribution in [-0.4, -0.2) is 41.8 Å². The molecule has 210 valence electrons. The zero-order valence-electron chi connectivity index (χ0n) is 22.9. The summed E-state index contributed by atoms with van der Waals surface area (Å²) >= 11 is 13.1. The molecule has 0 aliphatic carbocycles. The normalized spacial score (nSPS) is 13.1. The number of nitrogens with zero attached hydrogens (tertiary/aromatic N) is 2. The summed E-state index contributed by atoms with van der Waals surface area (Å²) in [6.07, 6.45) is 0.280. The molecule has 1 N–H and O–H groups in total. The molecule has 0 spiro atoms. The number of rotatable bonds is 10. The summed E-state index contributed by atoms with van der Waals surface area (Å²) in [7, 11) is 0. The maximum atomic E-state index is 14.3. The summed E-state index contributed by atoms with van der Waals surface area (Å²) in [5.74, 6) is -0.693. The largest absolute Gasteiger partial charge is 0.354 e. The van der Waals surface area contributed by atoms with Crippen LogP contribution in [0.15, 0.2) is 84.9 Å². The molecular formula is C33H31Cl2N3O3. The highest BCUT2D eigenvalue weighted by atomic mass is 35.5. The number of anilines is 1. The molecule has 0 unspecified atom stereocenters. The van der Waals surface area contributed by atoms with Crippen molar-refractivity contribution in [2.45, 2.75) is 32.9 Å². The smallest absolute Gasteiger partial charge is 0.259 e. The SMILES string of the molecule is CC(C)CNC(=O)[C@@H](Cc1ccccc1)N(Cc1c(Cl)cccc1Cl)C(=O)CN1C(=O)c2cccc3cccc1c23. The van der Waals surface area contributed by atoms with Gasteiger partial charge in [-0.25, -0.2) is 0 Å². The van der Waals surface area contributed by atoms with Gasteiger partial charge in [0.25, 0.3) is 5.91 Å². The average Bonchev–Trinajstić information content (AvgIpc) is 3.23. The second-order valence-electron chi connectivity index (χ2n) is 10.6. The summed E-state index contributed by atoms with van der Waals surface area (Å²) in [5, 5.41) is 5.55. The van der Waals surface area contributed by atoms with Crippen LogP contribution >= 0.6 is 23.2 Å². The summed E-state index contributed by atoms with van der Waals surface area (Å²) in [5.41, 5.74) is 2.67. The number of halogens is 2. The van der Waals surface area contributed by atoms with Crippen molar-refractivity contribution in [1.29, 1.82) is 0 Å². The Morgan fingerprint density at radius 1 is 0.878 bits per heavy atom. The monoisotopic (exact) mass is 587 g/mol. The molecule has 5 rings (SSSR count). The molecule has 0 saturated heterocycles. The van der Waals surface area contributed by atoms with Crippen molar-refractivity contribution in [3.63, 3.8) is 0 Å². The van der Waals surface area contributed by atoms with Crippen LogP contribution in [0.4, 0.5) is 5.69 Å². The van der Waals surface area contributed by atoms with Crippen molar-refractivity contribution in [2.24, 2.45) is 5.92 Å². The van der Waals surface area contributed by atoms with E-state index in [2.05, 4.69) is 5.32 Å². The number of nitrogens with one attached hydrogen (secondary N) is 1. The van der Waals surface area contributed by atoms with E-state index in [1.807, 2.05) is 74.5 Å². The Hall–Kier alpha value is -3.87. The van der Waals surface area contributed by atoms with E-state index in [0.29, 0.717) is 33.4 Å². The van der Waals surface area contributed by atoms with Gasteiger partial charge in [0.05, 0.1) is 5.69 Å². The van der Waals surface area contributed by atoms with E-state index in [4.69, 9.17) is 23.2 Å². The third-order valence-electron chi connectivity index (χ3n) is 7.29. The molecule has 6 nitrogen and oxygen atoms in total. The van der Waals surface area contributed by atoms with Gasteiger partial charge in [-0.2, -0.15) is 0 Å². The van der Waals surface area contributed by atoms with Gasteiger partial charge in [-0.15, -0.1) is 0 Å². The van der Waals surface area contributed by atoms with E-state index < -0.39 is 6.04 Å². The maximum absolute atomic E-state index is 14.3. The standard InChI is InChI=1S/C33H31Cl2N3O3/c1-21(2)18-36-32(40)29(17-22-9-4-3-5-10-22)37(19-25-26(34)14-8-15-27(25)35)30(39)20-38-28-16-7-12-23-11-6-13-24(31(23)28)33(38)41/h3-16,21,29H,17-20H2,1-2H3,(H,36,40)/t29-/m1/s1. The number of hydrogen-bond acceptors (Lipinski definition) is 3. The van der Waals surface area contributed by atoms with Crippen molar-refractivity contribution in [2.75, 3.05) is 18.0 Å². The molecule has 0 radical (unpaired) electrons. The summed E-state index contributed by atoms with van der Waals surface area (Å²) in [6, 6.07) is 25.1. The zero-order valence-corrected chi connectivity index (χ0v) is 24.5. The van der Waals surface area contributed by atoms with Crippen LogP contribution in [0, 0.1) is 5.92 Å². The Labute approximate surface area is 249 Å². The molecule has 1 aliphatic rings. The second-order valence-corrected chi connectivity index (χ2v) is 11.5. The number of hydrogen-bond donors (Lipinski definition) is 1. The average molecular weight is 589 g/mol. The Kier molecular flexibility index (Phi) is 8.62. The third kappa shape index (κ3) is 6.09. The molecule has 0 fully saturated rings. The lowest BCUT2D eigenvalue weighted by molar-refractivity contribution is -0.140. The van der Waals surface area contributed by atoms with E-state index in [1.54, 1.807) is 24.3 Å². The molecule has 0 bridgehead atoms. The minimum atomic E-state index is -0.869. The van der Waals surface area contributed by atoms with Crippen molar-refractivity contribution in [3.8, 4) is 0 Å². The lowest BCUT2D eigenvalue weighted by atomic mass is 10.0. The van der Waals surface area contributed by atoms with Gasteiger partial charge in [-0.3, -0.25) is 19.3 Å². The highest BCUT2D eigenvalue weighted by Gasteiger charge is 2.36. The van der Waals surface area contributed by atoms with Gasteiger partial charge in [-0.05, 0) is 41.1 Å². The molecule has 4 aromatic carbocycles. The molecule has 0 aromatic heterocycles. The first kappa shape index (κ1) is 28.7. The first-order valence-electron chi connectivity index (χ1n) is 13.6. The van der Waals surface area contributed by atoms with Crippen molar-refractivity contribution >= 4 is 57.4 Å². The van der Waals surface area contributed by atoms with E-state index in [9.17, 15) is 14.4 Å². The fourth-order valence-corrected chi connectivity index (χ4v) is 5.71. The van der Waals surface area contributed by atoms with E-state index in [1.165, 1.54) is 9.80 Å². The number of amides is 3. The van der Waals surface area contributed by atoms with Crippen LogP contribution in [0.2, 0.25) is 10.0 Å². The topological polar surface area (TPSA) is 69.7 Å². The van der Waals surface area contributed by atoms with E-state index >= 15 is 0 Å². The van der Waals surface area contributed by atoms with Gasteiger partial charge in [0.2, 0.25) is 11.8 Å². The first-order chi connectivity index (χ1) is 19.7. The highest BCUT2D eigenvalue weighted by Crippen LogP contribution is 2.37. The van der Waals surface area contributed by atoms with E-state index in [-0.39, 0.29) is 43.1 Å². The molecule has 4 aromatic rings. The van der Waals surface area contributed by atoms with Gasteiger partial charge in [0.1, 0.15) is 12.6 Å². The Balaban J connectivity index is 1.53. The van der Waals surface area contributed by atoms with Crippen molar-refractivity contribution < 1.29 is 14.4 Å². The summed E-state index contributed by atoms with van der Waals surface area (Å²) < 4.78 is 0. The Morgan fingerprint density at radius 2 is 1.54 bits per heavy atom. The first-order valence-corrected chi connectivity index (χ1v) is 14.4. The minimum absolute atomic E-state index is 0.00309. The molecule has 3 amide bonds. The molecule has 1 aliphatic heterocycles. The molecule has 1 heterocycles. The zero-order chi connectivity index (χ0) is 29.1. The van der Waals surface area contributed by atoms with Crippen molar-refractivity contribution in [1.82, 2.24) is 10.2 Å². The highest BCUT2D eigenvalue weighted by molar-refractivity contribution is 6.36. The molecule has 8 heteroatoms. The van der Waals surface area contributed by atoms with Gasteiger partial charge in [0, 0.05) is 46.1 Å². The fourth-order valence-electron chi connectivity index (χ4n) is 5.19.